The Kier molecular flexibility index (Phi) is 7.14. The van der Waals surface area contributed by atoms with Crippen molar-refractivity contribution in [2.75, 3.05) is 46.4 Å². The topological polar surface area (TPSA) is 79.3 Å². The number of hydrogen-bond donors (Lipinski definition) is 1. The smallest absolute Gasteiger partial charge is 0.308 e. The molecule has 1 atom stereocenters. The molecule has 154 valence electrons. The fraction of sp³-hybridized carbons (Fsp3) is 0.619. The maximum absolute atomic E-state index is 12.0. The number of methoxy groups -OCH3 is 1. The van der Waals surface area contributed by atoms with E-state index in [1.54, 1.807) is 12.0 Å². The zero-order valence-corrected chi connectivity index (χ0v) is 16.6. The predicted octanol–water partition coefficient (Wildman–Crippen LogP) is 2.04. The second-order valence-corrected chi connectivity index (χ2v) is 7.55. The second-order valence-electron chi connectivity index (χ2n) is 7.55. The number of piperidine rings is 1. The average Bonchev–Trinajstić information content (AvgIpc) is 3.08. The van der Waals surface area contributed by atoms with Crippen LogP contribution in [0.3, 0.4) is 0 Å². The number of carboxylic acids is 1. The number of carbonyl (C=O) groups is 2. The number of carboxylic acid groups (broad SMARTS) is 1. The molecule has 0 saturated carbocycles. The van der Waals surface area contributed by atoms with Crippen LogP contribution in [0.4, 0.5) is 0 Å². The molecule has 1 aromatic rings. The summed E-state index contributed by atoms with van der Waals surface area (Å²) in [5.74, 6) is -0.0724. The molecule has 2 aliphatic heterocycles. The molecule has 1 N–H and O–H groups in total. The molecule has 7 nitrogen and oxygen atoms in total. The van der Waals surface area contributed by atoms with Gasteiger partial charge in [0.1, 0.15) is 18.1 Å². The normalized spacial score (nSPS) is 20.4. The molecule has 3 rings (SSSR count). The molecule has 2 heterocycles. The second kappa shape index (κ2) is 9.78. The minimum atomic E-state index is -0.901. The van der Waals surface area contributed by atoms with Gasteiger partial charge in [-0.3, -0.25) is 14.5 Å². The monoisotopic (exact) mass is 390 g/mol. The Bertz CT molecular complexity index is 687. The van der Waals surface area contributed by atoms with Crippen LogP contribution in [-0.2, 0) is 16.0 Å². The van der Waals surface area contributed by atoms with Gasteiger partial charge in [-0.15, -0.1) is 0 Å². The lowest BCUT2D eigenvalue weighted by atomic mass is 10.1. The Morgan fingerprint density at radius 2 is 2.00 bits per heavy atom. The van der Waals surface area contributed by atoms with Crippen molar-refractivity contribution >= 4 is 11.9 Å². The highest BCUT2D eigenvalue weighted by atomic mass is 16.5. The van der Waals surface area contributed by atoms with Crippen LogP contribution in [0.15, 0.2) is 18.2 Å². The molecule has 1 amide bonds. The number of rotatable bonds is 9. The number of amides is 1. The van der Waals surface area contributed by atoms with Gasteiger partial charge in [0.25, 0.3) is 0 Å². The molecule has 0 spiro atoms. The van der Waals surface area contributed by atoms with Gasteiger partial charge < -0.3 is 19.5 Å². The van der Waals surface area contributed by atoms with Gasteiger partial charge in [0, 0.05) is 32.1 Å². The number of ether oxygens (including phenoxy) is 2. The molecule has 0 aliphatic carbocycles. The maximum Gasteiger partial charge on any atom is 0.308 e. The molecule has 1 aromatic carbocycles. The summed E-state index contributed by atoms with van der Waals surface area (Å²) in [5.41, 5.74) is 1.01. The Balaban J connectivity index is 1.57. The van der Waals surface area contributed by atoms with Gasteiger partial charge in [0.2, 0.25) is 5.91 Å². The van der Waals surface area contributed by atoms with E-state index in [2.05, 4.69) is 4.90 Å². The van der Waals surface area contributed by atoms with E-state index in [-0.39, 0.29) is 18.9 Å². The van der Waals surface area contributed by atoms with E-state index >= 15 is 0 Å². The number of aliphatic carboxylic acids is 1. The Labute approximate surface area is 166 Å². The van der Waals surface area contributed by atoms with E-state index in [1.807, 2.05) is 18.2 Å². The zero-order valence-electron chi connectivity index (χ0n) is 16.6. The minimum Gasteiger partial charge on any atom is -0.497 e. The third-order valence-electron chi connectivity index (χ3n) is 5.60. The van der Waals surface area contributed by atoms with Gasteiger partial charge in [-0.05, 0) is 44.0 Å². The fourth-order valence-electron chi connectivity index (χ4n) is 3.88. The number of nitrogens with zero attached hydrogens (tertiary/aromatic N) is 2. The molecule has 1 unspecified atom stereocenters. The highest BCUT2D eigenvalue weighted by Crippen LogP contribution is 2.27. The molecule has 0 radical (unpaired) electrons. The van der Waals surface area contributed by atoms with Crippen LogP contribution in [0.5, 0.6) is 11.5 Å². The first kappa shape index (κ1) is 20.5. The SMILES string of the molecule is COc1ccc(CCN2CC(C(=O)O)CC2=O)c(OCCN2CCCCC2)c1. The van der Waals surface area contributed by atoms with Crippen molar-refractivity contribution in [2.24, 2.45) is 5.92 Å². The van der Waals surface area contributed by atoms with Gasteiger partial charge in [0.05, 0.1) is 13.0 Å². The Morgan fingerprint density at radius 3 is 2.68 bits per heavy atom. The van der Waals surface area contributed by atoms with Crippen molar-refractivity contribution in [3.8, 4) is 11.5 Å². The van der Waals surface area contributed by atoms with Gasteiger partial charge >= 0.3 is 5.97 Å². The number of likely N-dealkylation sites (tertiary alicyclic amines) is 2. The third kappa shape index (κ3) is 5.38. The molecule has 2 aliphatic rings. The van der Waals surface area contributed by atoms with Crippen LogP contribution in [0.25, 0.3) is 0 Å². The van der Waals surface area contributed by atoms with Crippen molar-refractivity contribution in [1.82, 2.24) is 9.80 Å². The van der Waals surface area contributed by atoms with Gasteiger partial charge in [-0.2, -0.15) is 0 Å². The van der Waals surface area contributed by atoms with Gasteiger partial charge in [0.15, 0.2) is 0 Å². The summed E-state index contributed by atoms with van der Waals surface area (Å²) in [4.78, 5) is 27.2. The standard InChI is InChI=1S/C21H30N2O5/c1-27-18-6-5-16(7-10-23-15-17(21(25)26)13-20(23)24)19(14-18)28-12-11-22-8-3-2-4-9-22/h5-6,14,17H,2-4,7-13,15H2,1H3,(H,25,26). The predicted molar refractivity (Wildman–Crippen MR) is 105 cm³/mol. The van der Waals surface area contributed by atoms with E-state index in [0.29, 0.717) is 19.6 Å². The quantitative estimate of drug-likeness (QED) is 0.695. The van der Waals surface area contributed by atoms with Crippen LogP contribution < -0.4 is 9.47 Å². The van der Waals surface area contributed by atoms with Crippen LogP contribution in [0, 0.1) is 5.92 Å². The summed E-state index contributed by atoms with van der Waals surface area (Å²) in [6.07, 6.45) is 4.55. The molecular weight excluding hydrogens is 360 g/mol. The third-order valence-corrected chi connectivity index (χ3v) is 5.60. The largest absolute Gasteiger partial charge is 0.497 e. The first-order valence-electron chi connectivity index (χ1n) is 10.1. The van der Waals surface area contributed by atoms with Crippen molar-refractivity contribution in [2.45, 2.75) is 32.1 Å². The van der Waals surface area contributed by atoms with Crippen molar-refractivity contribution in [3.63, 3.8) is 0 Å². The molecule has 0 aromatic heterocycles. The highest BCUT2D eigenvalue weighted by molar-refractivity contribution is 5.86. The highest BCUT2D eigenvalue weighted by Gasteiger charge is 2.33. The van der Waals surface area contributed by atoms with E-state index in [9.17, 15) is 9.59 Å². The lowest BCUT2D eigenvalue weighted by Crippen LogP contribution is -2.33. The van der Waals surface area contributed by atoms with Crippen molar-refractivity contribution in [3.05, 3.63) is 23.8 Å². The maximum atomic E-state index is 12.0. The molecular formula is C21H30N2O5. The zero-order chi connectivity index (χ0) is 19.9. The fourth-order valence-corrected chi connectivity index (χ4v) is 3.88. The summed E-state index contributed by atoms with van der Waals surface area (Å²) in [6.45, 7) is 4.57. The molecule has 7 heteroatoms. The molecule has 2 fully saturated rings. The van der Waals surface area contributed by atoms with E-state index < -0.39 is 11.9 Å². The first-order valence-corrected chi connectivity index (χ1v) is 10.1. The van der Waals surface area contributed by atoms with Crippen molar-refractivity contribution < 1.29 is 24.2 Å². The number of hydrogen-bond acceptors (Lipinski definition) is 5. The van der Waals surface area contributed by atoms with Crippen LogP contribution in [0.2, 0.25) is 0 Å². The summed E-state index contributed by atoms with van der Waals surface area (Å²) in [5, 5.41) is 9.12. The van der Waals surface area contributed by atoms with E-state index in [0.717, 1.165) is 36.7 Å². The average molecular weight is 390 g/mol. The minimum absolute atomic E-state index is 0.0894. The van der Waals surface area contributed by atoms with Crippen LogP contribution in [-0.4, -0.2) is 73.2 Å². The lowest BCUT2D eigenvalue weighted by Gasteiger charge is -2.26. The lowest BCUT2D eigenvalue weighted by molar-refractivity contribution is -0.141. The molecule has 2 saturated heterocycles. The Hall–Kier alpha value is -2.28. The van der Waals surface area contributed by atoms with Gasteiger partial charge in [-0.25, -0.2) is 0 Å². The summed E-state index contributed by atoms with van der Waals surface area (Å²) >= 11 is 0. The van der Waals surface area contributed by atoms with Crippen molar-refractivity contribution in [1.29, 1.82) is 0 Å². The molecule has 0 bridgehead atoms. The van der Waals surface area contributed by atoms with E-state index in [1.165, 1.54) is 19.3 Å². The summed E-state index contributed by atoms with van der Waals surface area (Å²) < 4.78 is 11.4. The van der Waals surface area contributed by atoms with E-state index in [4.69, 9.17) is 14.6 Å². The molecule has 28 heavy (non-hydrogen) atoms. The summed E-state index contributed by atoms with van der Waals surface area (Å²) in [6, 6.07) is 5.74. The van der Waals surface area contributed by atoms with Gasteiger partial charge in [-0.1, -0.05) is 12.5 Å². The number of benzene rings is 1. The van der Waals surface area contributed by atoms with Crippen LogP contribution >= 0.6 is 0 Å². The number of carbonyl (C=O) groups excluding carboxylic acids is 1. The summed E-state index contributed by atoms with van der Waals surface area (Å²) in [7, 11) is 1.63. The first-order chi connectivity index (χ1) is 13.6. The Morgan fingerprint density at radius 1 is 1.21 bits per heavy atom. The van der Waals surface area contributed by atoms with Crippen LogP contribution in [0.1, 0.15) is 31.2 Å².